The van der Waals surface area contributed by atoms with Crippen molar-refractivity contribution in [3.05, 3.63) is 0 Å². The number of carbonyl (C=O) groups is 3. The number of ether oxygens (including phenoxy) is 4. The van der Waals surface area contributed by atoms with Crippen molar-refractivity contribution in [1.29, 1.82) is 0 Å². The van der Waals surface area contributed by atoms with Gasteiger partial charge in [0, 0.05) is 29.4 Å². The number of likely N-dealkylation sites (tertiary alicyclic amines) is 2. The number of rotatable bonds is 15. The first-order chi connectivity index (χ1) is 15.0. The summed E-state index contributed by atoms with van der Waals surface area (Å²) >= 11 is 2.45. The van der Waals surface area contributed by atoms with Gasteiger partial charge in [-0.25, -0.2) is 0 Å². The maximum absolute atomic E-state index is 12.1. The molecule has 2 saturated heterocycles. The molecule has 0 spiro atoms. The van der Waals surface area contributed by atoms with Crippen molar-refractivity contribution >= 4 is 40.3 Å². The summed E-state index contributed by atoms with van der Waals surface area (Å²) in [4.78, 5) is 38.7. The Labute approximate surface area is 198 Å². The highest BCUT2D eigenvalue weighted by Gasteiger charge is 2.34. The second kappa shape index (κ2) is 15.1. The van der Waals surface area contributed by atoms with E-state index < -0.39 is 0 Å². The van der Waals surface area contributed by atoms with Gasteiger partial charge >= 0.3 is 0 Å². The molecule has 0 aromatic carbocycles. The van der Waals surface area contributed by atoms with E-state index in [0.717, 1.165) is 25.9 Å². The molecule has 2 fully saturated rings. The minimum atomic E-state index is -0.216. The number of hydrogen-bond acceptors (Lipinski definition) is 7. The zero-order chi connectivity index (χ0) is 22.5. The molecule has 1 atom stereocenters. The van der Waals surface area contributed by atoms with Crippen LogP contribution in [0.5, 0.6) is 0 Å². The lowest BCUT2D eigenvalue weighted by Crippen LogP contribution is -2.39. The molecule has 0 bridgehead atoms. The molecule has 2 aliphatic rings. The highest BCUT2D eigenvalue weighted by molar-refractivity contribution is 14.1. The Morgan fingerprint density at radius 1 is 0.903 bits per heavy atom. The lowest BCUT2D eigenvalue weighted by molar-refractivity contribution is -0.140. The lowest BCUT2D eigenvalue weighted by atomic mass is 10.1. The topological polar surface area (TPSA) is 94.6 Å². The minimum Gasteiger partial charge on any atom is -0.379 e. The van der Waals surface area contributed by atoms with Crippen LogP contribution in [0.2, 0.25) is 0 Å². The van der Waals surface area contributed by atoms with Gasteiger partial charge in [0.05, 0.1) is 65.8 Å². The molecule has 178 valence electrons. The van der Waals surface area contributed by atoms with E-state index in [0.29, 0.717) is 76.2 Å². The van der Waals surface area contributed by atoms with Crippen LogP contribution in [0.3, 0.4) is 0 Å². The van der Waals surface area contributed by atoms with Crippen LogP contribution in [0.25, 0.3) is 0 Å². The molecule has 3 amide bonds. The molecule has 10 heteroatoms. The van der Waals surface area contributed by atoms with Crippen LogP contribution in [-0.4, -0.2) is 104 Å². The van der Waals surface area contributed by atoms with Crippen molar-refractivity contribution in [2.75, 3.05) is 72.5 Å². The van der Waals surface area contributed by atoms with Crippen LogP contribution >= 0.6 is 22.6 Å². The molecule has 2 aliphatic heterocycles. The molecule has 9 nitrogen and oxygen atoms in total. The van der Waals surface area contributed by atoms with Gasteiger partial charge in [-0.2, -0.15) is 0 Å². The van der Waals surface area contributed by atoms with E-state index in [1.165, 1.54) is 4.90 Å². The minimum absolute atomic E-state index is 0.117. The van der Waals surface area contributed by atoms with Crippen molar-refractivity contribution in [3.8, 4) is 0 Å². The molecule has 0 N–H and O–H groups in total. The summed E-state index contributed by atoms with van der Waals surface area (Å²) in [5, 5.41) is 0. The summed E-state index contributed by atoms with van der Waals surface area (Å²) in [6.07, 6.45) is 2.88. The number of alkyl halides is 1. The highest BCUT2D eigenvalue weighted by Crippen LogP contribution is 2.19. The Balaban J connectivity index is 1.31. The van der Waals surface area contributed by atoms with Crippen LogP contribution in [0.1, 0.15) is 32.6 Å². The second-order valence-electron chi connectivity index (χ2n) is 7.74. The molecule has 2 rings (SSSR count). The predicted molar refractivity (Wildman–Crippen MR) is 122 cm³/mol. The van der Waals surface area contributed by atoms with Gasteiger partial charge in [0.1, 0.15) is 0 Å². The zero-order valence-electron chi connectivity index (χ0n) is 18.4. The van der Waals surface area contributed by atoms with E-state index in [-0.39, 0.29) is 23.6 Å². The quantitative estimate of drug-likeness (QED) is 0.130. The third kappa shape index (κ3) is 10.1. The van der Waals surface area contributed by atoms with Gasteiger partial charge in [-0.05, 0) is 12.8 Å². The molecule has 31 heavy (non-hydrogen) atoms. The third-order valence-electron chi connectivity index (χ3n) is 5.28. The summed E-state index contributed by atoms with van der Waals surface area (Å²) in [6.45, 7) is 7.19. The molecule has 0 aliphatic carbocycles. The van der Waals surface area contributed by atoms with E-state index in [2.05, 4.69) is 22.6 Å². The first-order valence-electron chi connectivity index (χ1n) is 11.1. The first-order valence-corrected chi connectivity index (χ1v) is 12.3. The van der Waals surface area contributed by atoms with Crippen LogP contribution in [0, 0.1) is 5.92 Å². The van der Waals surface area contributed by atoms with Crippen LogP contribution < -0.4 is 0 Å². The summed E-state index contributed by atoms with van der Waals surface area (Å²) in [7, 11) is 0. The molecule has 1 unspecified atom stereocenters. The molecule has 0 aromatic rings. The number of hydrogen-bond donors (Lipinski definition) is 0. The molecule has 0 saturated carbocycles. The van der Waals surface area contributed by atoms with Crippen LogP contribution in [0.4, 0.5) is 0 Å². The summed E-state index contributed by atoms with van der Waals surface area (Å²) < 4.78 is 22.4. The van der Waals surface area contributed by atoms with E-state index in [1.54, 1.807) is 6.92 Å². The van der Waals surface area contributed by atoms with Crippen LogP contribution in [0.15, 0.2) is 0 Å². The summed E-state index contributed by atoms with van der Waals surface area (Å²) in [6, 6.07) is 0. The number of halogens is 1. The van der Waals surface area contributed by atoms with E-state index in [4.69, 9.17) is 18.9 Å². The number of piperidine rings is 1. The molecular formula is C21H35IN2O7. The third-order valence-corrected chi connectivity index (χ3v) is 6.53. The highest BCUT2D eigenvalue weighted by atomic mass is 127. The van der Waals surface area contributed by atoms with Gasteiger partial charge in [0.2, 0.25) is 17.7 Å². The van der Waals surface area contributed by atoms with E-state index in [9.17, 15) is 14.4 Å². The fourth-order valence-corrected chi connectivity index (χ4v) is 3.97. The van der Waals surface area contributed by atoms with Gasteiger partial charge in [-0.1, -0.05) is 29.5 Å². The first kappa shape index (κ1) is 26.4. The SMILES string of the molecule is CC1CC(=O)N(CCOCCOCCOCCOCCC(=O)N2CCC(I)CC2)C1=O. The summed E-state index contributed by atoms with van der Waals surface area (Å²) in [5.74, 6) is -0.282. The monoisotopic (exact) mass is 554 g/mol. The average molecular weight is 554 g/mol. The van der Waals surface area contributed by atoms with Crippen molar-refractivity contribution in [2.45, 2.75) is 36.5 Å². The summed E-state index contributed by atoms with van der Waals surface area (Å²) in [5.41, 5.74) is 0. The number of carbonyl (C=O) groups excluding carboxylic acids is 3. The zero-order valence-corrected chi connectivity index (χ0v) is 20.5. The van der Waals surface area contributed by atoms with Gasteiger partial charge in [0.15, 0.2) is 0 Å². The van der Waals surface area contributed by atoms with Crippen molar-refractivity contribution < 1.29 is 33.3 Å². The van der Waals surface area contributed by atoms with Gasteiger partial charge in [-0.3, -0.25) is 19.3 Å². The smallest absolute Gasteiger partial charge is 0.232 e. The molecule has 0 radical (unpaired) electrons. The number of amides is 3. The van der Waals surface area contributed by atoms with Gasteiger partial charge < -0.3 is 23.8 Å². The van der Waals surface area contributed by atoms with Gasteiger partial charge in [-0.15, -0.1) is 0 Å². The number of nitrogens with zero attached hydrogens (tertiary/aromatic N) is 2. The Morgan fingerprint density at radius 2 is 1.42 bits per heavy atom. The standard InChI is InChI=1S/C21H35IN2O7/c1-17-16-20(26)24(21(17)27)7-9-29-11-13-31-15-14-30-12-10-28-8-4-19(25)23-5-2-18(22)3-6-23/h17-18H,2-16H2,1H3. The fraction of sp³-hybridized carbons (Fsp3) is 0.857. The fourth-order valence-electron chi connectivity index (χ4n) is 3.42. The number of imide groups is 1. The van der Waals surface area contributed by atoms with Crippen molar-refractivity contribution in [3.63, 3.8) is 0 Å². The van der Waals surface area contributed by atoms with Gasteiger partial charge in [0.25, 0.3) is 0 Å². The van der Waals surface area contributed by atoms with Crippen molar-refractivity contribution in [2.24, 2.45) is 5.92 Å². The Bertz CT molecular complexity index is 570. The molecule has 0 aromatic heterocycles. The molecule has 2 heterocycles. The normalized spacial score (nSPS) is 20.1. The maximum atomic E-state index is 12.1. The van der Waals surface area contributed by atoms with Crippen LogP contribution in [-0.2, 0) is 33.3 Å². The van der Waals surface area contributed by atoms with E-state index in [1.807, 2.05) is 4.90 Å². The molecular weight excluding hydrogens is 519 g/mol. The predicted octanol–water partition coefficient (Wildman–Crippen LogP) is 1.26. The maximum Gasteiger partial charge on any atom is 0.232 e. The Kier molecular flexibility index (Phi) is 12.9. The Hall–Kier alpha value is -0.820. The average Bonchev–Trinajstić information content (AvgIpc) is 3.00. The van der Waals surface area contributed by atoms with Crippen molar-refractivity contribution in [1.82, 2.24) is 9.80 Å². The van der Waals surface area contributed by atoms with E-state index >= 15 is 0 Å². The second-order valence-corrected chi connectivity index (χ2v) is 9.51. The largest absolute Gasteiger partial charge is 0.379 e. The Morgan fingerprint density at radius 3 is 1.94 bits per heavy atom. The lowest BCUT2D eigenvalue weighted by Gasteiger charge is -2.29.